The molecule has 1 aliphatic rings. The maximum Gasteiger partial charge on any atom is 0.322 e. The summed E-state index contributed by atoms with van der Waals surface area (Å²) in [7, 11) is 3.21. The zero-order valence-electron chi connectivity index (χ0n) is 12.1. The number of hydrogen-bond acceptors (Lipinski definition) is 3. The van der Waals surface area contributed by atoms with Gasteiger partial charge in [-0.2, -0.15) is 0 Å². The van der Waals surface area contributed by atoms with Gasteiger partial charge >= 0.3 is 6.03 Å². The SMILES string of the molecule is COc1ccccc1C1NC(=O)N(C)C(C)=C1C(C)=O. The molecule has 2 rings (SSSR count). The van der Waals surface area contributed by atoms with Crippen molar-refractivity contribution in [3.63, 3.8) is 0 Å². The first-order valence-corrected chi connectivity index (χ1v) is 6.36. The Hall–Kier alpha value is -2.30. The second-order valence-electron chi connectivity index (χ2n) is 4.74. The molecule has 5 nitrogen and oxygen atoms in total. The van der Waals surface area contributed by atoms with Crippen molar-refractivity contribution in [1.82, 2.24) is 10.2 Å². The lowest BCUT2D eigenvalue weighted by Gasteiger charge is -2.33. The Bertz CT molecular complexity index is 593. The number of nitrogens with one attached hydrogen (secondary N) is 1. The van der Waals surface area contributed by atoms with Crippen molar-refractivity contribution >= 4 is 11.8 Å². The third-order valence-electron chi connectivity index (χ3n) is 3.58. The smallest absolute Gasteiger partial charge is 0.322 e. The normalized spacial score (nSPS) is 18.9. The Morgan fingerprint density at radius 3 is 2.60 bits per heavy atom. The molecule has 1 aromatic carbocycles. The Morgan fingerprint density at radius 1 is 1.35 bits per heavy atom. The number of rotatable bonds is 3. The van der Waals surface area contributed by atoms with Gasteiger partial charge < -0.3 is 15.0 Å². The molecule has 1 heterocycles. The van der Waals surface area contributed by atoms with E-state index in [2.05, 4.69) is 5.32 Å². The van der Waals surface area contributed by atoms with E-state index in [4.69, 9.17) is 4.74 Å². The molecule has 1 N–H and O–H groups in total. The van der Waals surface area contributed by atoms with Gasteiger partial charge in [-0.25, -0.2) is 4.79 Å². The van der Waals surface area contributed by atoms with Gasteiger partial charge in [-0.1, -0.05) is 18.2 Å². The van der Waals surface area contributed by atoms with Crippen LogP contribution in [0, 0.1) is 0 Å². The van der Waals surface area contributed by atoms with Crippen LogP contribution < -0.4 is 10.1 Å². The van der Waals surface area contributed by atoms with Crippen molar-refractivity contribution < 1.29 is 14.3 Å². The van der Waals surface area contributed by atoms with E-state index in [1.807, 2.05) is 24.3 Å². The maximum atomic E-state index is 12.0. The van der Waals surface area contributed by atoms with E-state index in [-0.39, 0.29) is 11.8 Å². The van der Waals surface area contributed by atoms with Crippen molar-refractivity contribution in [3.05, 3.63) is 41.1 Å². The van der Waals surface area contributed by atoms with Crippen LogP contribution in [0.25, 0.3) is 0 Å². The minimum Gasteiger partial charge on any atom is -0.496 e. The number of allylic oxidation sites excluding steroid dienone is 1. The number of carbonyl (C=O) groups excluding carboxylic acids is 2. The average Bonchev–Trinajstić information content (AvgIpc) is 2.43. The van der Waals surface area contributed by atoms with Crippen molar-refractivity contribution in [2.45, 2.75) is 19.9 Å². The van der Waals surface area contributed by atoms with Gasteiger partial charge in [0, 0.05) is 23.9 Å². The largest absolute Gasteiger partial charge is 0.496 e. The zero-order chi connectivity index (χ0) is 14.9. The predicted molar refractivity (Wildman–Crippen MR) is 75.4 cm³/mol. The number of benzene rings is 1. The predicted octanol–water partition coefficient (Wildman–Crippen LogP) is 2.25. The number of para-hydroxylation sites is 1. The quantitative estimate of drug-likeness (QED) is 0.919. The van der Waals surface area contributed by atoms with Crippen LogP contribution >= 0.6 is 0 Å². The minimum absolute atomic E-state index is 0.0646. The molecule has 0 saturated carbocycles. The molecular formula is C15H18N2O3. The number of ether oxygens (including phenoxy) is 1. The molecule has 20 heavy (non-hydrogen) atoms. The number of methoxy groups -OCH3 is 1. The summed E-state index contributed by atoms with van der Waals surface area (Å²) in [6.45, 7) is 3.28. The lowest BCUT2D eigenvalue weighted by molar-refractivity contribution is -0.114. The number of ketones is 1. The summed E-state index contributed by atoms with van der Waals surface area (Å²) in [6.07, 6.45) is 0. The molecule has 0 saturated heterocycles. The fourth-order valence-electron chi connectivity index (χ4n) is 2.43. The fraction of sp³-hybridized carbons (Fsp3) is 0.333. The van der Waals surface area contributed by atoms with Crippen LogP contribution in [0.1, 0.15) is 25.5 Å². The van der Waals surface area contributed by atoms with Crippen LogP contribution in [0.5, 0.6) is 5.75 Å². The minimum atomic E-state index is -0.479. The maximum absolute atomic E-state index is 12.0. The van der Waals surface area contributed by atoms with Gasteiger partial charge in [0.2, 0.25) is 0 Å². The highest BCUT2D eigenvalue weighted by molar-refractivity contribution is 5.98. The van der Waals surface area contributed by atoms with Gasteiger partial charge in [0.25, 0.3) is 0 Å². The second kappa shape index (κ2) is 5.36. The second-order valence-corrected chi connectivity index (χ2v) is 4.74. The van der Waals surface area contributed by atoms with Gasteiger partial charge in [-0.3, -0.25) is 4.79 Å². The van der Waals surface area contributed by atoms with E-state index in [1.54, 1.807) is 21.1 Å². The Morgan fingerprint density at radius 2 is 2.00 bits per heavy atom. The molecule has 0 aliphatic carbocycles. The van der Waals surface area contributed by atoms with E-state index in [0.717, 1.165) is 5.56 Å². The molecule has 1 aliphatic heterocycles. The molecule has 1 atom stereocenters. The summed E-state index contributed by atoms with van der Waals surface area (Å²) in [4.78, 5) is 25.4. The van der Waals surface area contributed by atoms with E-state index >= 15 is 0 Å². The Kier molecular flexibility index (Phi) is 3.79. The molecule has 0 fully saturated rings. The molecule has 0 aromatic heterocycles. The van der Waals surface area contributed by atoms with Crippen LogP contribution in [-0.2, 0) is 4.79 Å². The molecule has 106 valence electrons. The molecule has 1 unspecified atom stereocenters. The lowest BCUT2D eigenvalue weighted by atomic mass is 9.92. The van der Waals surface area contributed by atoms with Gasteiger partial charge in [-0.15, -0.1) is 0 Å². The zero-order valence-corrected chi connectivity index (χ0v) is 12.1. The van der Waals surface area contributed by atoms with Gasteiger partial charge in [0.05, 0.1) is 13.2 Å². The van der Waals surface area contributed by atoms with Crippen LogP contribution in [-0.4, -0.2) is 30.9 Å². The first kappa shape index (κ1) is 14.1. The molecular weight excluding hydrogens is 256 g/mol. The highest BCUT2D eigenvalue weighted by Crippen LogP contribution is 2.34. The number of carbonyl (C=O) groups is 2. The third-order valence-corrected chi connectivity index (χ3v) is 3.58. The van der Waals surface area contributed by atoms with Crippen molar-refractivity contribution in [2.75, 3.05) is 14.2 Å². The highest BCUT2D eigenvalue weighted by Gasteiger charge is 2.33. The van der Waals surface area contributed by atoms with Crippen LogP contribution in [0.2, 0.25) is 0 Å². The Labute approximate surface area is 118 Å². The average molecular weight is 274 g/mol. The third kappa shape index (κ3) is 2.27. The first-order valence-electron chi connectivity index (χ1n) is 6.36. The summed E-state index contributed by atoms with van der Waals surface area (Å²) in [5.41, 5.74) is 2.02. The summed E-state index contributed by atoms with van der Waals surface area (Å²) in [5.74, 6) is 0.583. The fourth-order valence-corrected chi connectivity index (χ4v) is 2.43. The van der Waals surface area contributed by atoms with Crippen LogP contribution in [0.15, 0.2) is 35.5 Å². The molecule has 1 aromatic rings. The number of hydrogen-bond donors (Lipinski definition) is 1. The van der Waals surface area contributed by atoms with E-state index < -0.39 is 6.04 Å². The van der Waals surface area contributed by atoms with Crippen molar-refractivity contribution in [2.24, 2.45) is 0 Å². The van der Waals surface area contributed by atoms with Crippen molar-refractivity contribution in [3.8, 4) is 5.75 Å². The van der Waals surface area contributed by atoms with Gasteiger partial charge in [0.15, 0.2) is 5.78 Å². The van der Waals surface area contributed by atoms with Crippen LogP contribution in [0.4, 0.5) is 4.79 Å². The van der Waals surface area contributed by atoms with E-state index in [9.17, 15) is 9.59 Å². The van der Waals surface area contributed by atoms with Crippen LogP contribution in [0.3, 0.4) is 0 Å². The number of urea groups is 1. The molecule has 0 radical (unpaired) electrons. The summed E-state index contributed by atoms with van der Waals surface area (Å²) < 4.78 is 5.33. The lowest BCUT2D eigenvalue weighted by Crippen LogP contribution is -2.45. The number of amides is 2. The number of Topliss-reactive ketones (excluding diaryl/α,β-unsaturated/α-hetero) is 1. The van der Waals surface area contributed by atoms with Gasteiger partial charge in [0.1, 0.15) is 5.75 Å². The standard InChI is InChI=1S/C15H18N2O3/c1-9-13(10(2)18)14(16-15(19)17(9)3)11-7-5-6-8-12(11)20-4/h5-8,14H,1-4H3,(H,16,19). The Balaban J connectivity index is 2.59. The van der Waals surface area contributed by atoms with Gasteiger partial charge in [-0.05, 0) is 19.9 Å². The molecule has 2 amide bonds. The highest BCUT2D eigenvalue weighted by atomic mass is 16.5. The van der Waals surface area contributed by atoms with E-state index in [0.29, 0.717) is 17.0 Å². The monoisotopic (exact) mass is 274 g/mol. The van der Waals surface area contributed by atoms with Crippen molar-refractivity contribution in [1.29, 1.82) is 0 Å². The molecule has 5 heteroatoms. The summed E-state index contributed by atoms with van der Waals surface area (Å²) in [5, 5.41) is 2.85. The molecule has 0 bridgehead atoms. The summed E-state index contributed by atoms with van der Waals surface area (Å²) >= 11 is 0. The van der Waals surface area contributed by atoms with E-state index in [1.165, 1.54) is 11.8 Å². The number of nitrogens with zero attached hydrogens (tertiary/aromatic N) is 1. The topological polar surface area (TPSA) is 58.6 Å². The molecule has 0 spiro atoms. The summed E-state index contributed by atoms with van der Waals surface area (Å²) in [6, 6.07) is 6.66. The first-order chi connectivity index (χ1) is 9.47.